The Kier molecular flexibility index (Phi) is 2.67. The summed E-state index contributed by atoms with van der Waals surface area (Å²) in [6.45, 7) is 4.91. The van der Waals surface area contributed by atoms with Crippen molar-refractivity contribution in [3.8, 4) is 0 Å². The van der Waals surface area contributed by atoms with Gasteiger partial charge in [0.15, 0.2) is 0 Å². The molecule has 0 bridgehead atoms. The summed E-state index contributed by atoms with van der Waals surface area (Å²) >= 11 is 1.86. The number of ether oxygens (including phenoxy) is 1. The van der Waals surface area contributed by atoms with E-state index in [-0.39, 0.29) is 6.10 Å². The molecule has 1 aliphatic rings. The molecule has 3 heteroatoms. The first-order valence-corrected chi connectivity index (χ1v) is 6.48. The predicted octanol–water partition coefficient (Wildman–Crippen LogP) is 2.87. The van der Waals surface area contributed by atoms with Gasteiger partial charge in [0.1, 0.15) is 0 Å². The molecule has 1 aromatic carbocycles. The van der Waals surface area contributed by atoms with Gasteiger partial charge in [-0.3, -0.25) is 0 Å². The van der Waals surface area contributed by atoms with E-state index in [0.717, 1.165) is 19.7 Å². The van der Waals surface area contributed by atoms with Crippen LogP contribution in [0.1, 0.15) is 16.5 Å². The topological polar surface area (TPSA) is 21.3 Å². The number of aryl methyl sites for hydroxylation is 1. The van der Waals surface area contributed by atoms with Gasteiger partial charge in [0, 0.05) is 28.2 Å². The summed E-state index contributed by atoms with van der Waals surface area (Å²) in [5, 5.41) is 4.75. The van der Waals surface area contributed by atoms with Gasteiger partial charge in [-0.1, -0.05) is 18.2 Å². The van der Waals surface area contributed by atoms with Crippen molar-refractivity contribution >= 4 is 21.4 Å². The Hall–Kier alpha value is -0.900. The third kappa shape index (κ3) is 1.65. The molecule has 2 heterocycles. The average molecular weight is 233 g/mol. The Morgan fingerprint density at radius 2 is 2.25 bits per heavy atom. The third-order valence-electron chi connectivity index (χ3n) is 3.07. The van der Waals surface area contributed by atoms with E-state index in [4.69, 9.17) is 4.74 Å². The molecule has 1 saturated heterocycles. The largest absolute Gasteiger partial charge is 0.371 e. The second-order valence-electron chi connectivity index (χ2n) is 4.13. The molecule has 1 fully saturated rings. The van der Waals surface area contributed by atoms with Crippen LogP contribution >= 0.6 is 11.3 Å². The number of rotatable bonds is 1. The van der Waals surface area contributed by atoms with Crippen molar-refractivity contribution in [2.45, 2.75) is 13.0 Å². The summed E-state index contributed by atoms with van der Waals surface area (Å²) in [6, 6.07) is 8.59. The Morgan fingerprint density at radius 1 is 1.38 bits per heavy atom. The van der Waals surface area contributed by atoms with E-state index in [2.05, 4.69) is 36.5 Å². The second-order valence-corrected chi connectivity index (χ2v) is 5.39. The zero-order chi connectivity index (χ0) is 11.0. The lowest BCUT2D eigenvalue weighted by Gasteiger charge is -2.24. The number of fused-ring (bicyclic) bond motifs is 1. The number of hydrogen-bond acceptors (Lipinski definition) is 3. The van der Waals surface area contributed by atoms with Gasteiger partial charge in [0.25, 0.3) is 0 Å². The van der Waals surface area contributed by atoms with Crippen molar-refractivity contribution in [1.29, 1.82) is 0 Å². The minimum Gasteiger partial charge on any atom is -0.371 e. The number of morpholine rings is 1. The first-order valence-electron chi connectivity index (χ1n) is 5.66. The third-order valence-corrected chi connectivity index (χ3v) is 4.17. The fourth-order valence-corrected chi connectivity index (χ4v) is 3.45. The van der Waals surface area contributed by atoms with Gasteiger partial charge in [0.05, 0.1) is 12.7 Å². The van der Waals surface area contributed by atoms with Crippen LogP contribution in [0.2, 0.25) is 0 Å². The molecule has 16 heavy (non-hydrogen) atoms. The van der Waals surface area contributed by atoms with Gasteiger partial charge < -0.3 is 10.1 Å². The minimum atomic E-state index is 0.227. The zero-order valence-electron chi connectivity index (χ0n) is 9.32. The highest BCUT2D eigenvalue weighted by Crippen LogP contribution is 2.36. The molecule has 0 saturated carbocycles. The van der Waals surface area contributed by atoms with Crippen LogP contribution in [0.15, 0.2) is 24.3 Å². The van der Waals surface area contributed by atoms with Crippen LogP contribution in [-0.4, -0.2) is 19.7 Å². The van der Waals surface area contributed by atoms with Gasteiger partial charge in [-0.25, -0.2) is 0 Å². The number of thiophene rings is 1. The lowest BCUT2D eigenvalue weighted by molar-refractivity contribution is 0.0285. The molecule has 0 radical (unpaired) electrons. The Labute approximate surface area is 99.2 Å². The fraction of sp³-hybridized carbons (Fsp3) is 0.385. The van der Waals surface area contributed by atoms with Crippen molar-refractivity contribution in [3.63, 3.8) is 0 Å². The van der Waals surface area contributed by atoms with Crippen LogP contribution in [0.4, 0.5) is 0 Å². The highest BCUT2D eigenvalue weighted by atomic mass is 32.1. The Bertz CT molecular complexity index is 500. The number of nitrogens with one attached hydrogen (secondary N) is 1. The summed E-state index contributed by atoms with van der Waals surface area (Å²) in [6.07, 6.45) is 0.227. The van der Waals surface area contributed by atoms with Crippen LogP contribution < -0.4 is 5.32 Å². The molecule has 2 nitrogen and oxygen atoms in total. The maximum absolute atomic E-state index is 5.86. The van der Waals surface area contributed by atoms with E-state index in [1.165, 1.54) is 20.5 Å². The SMILES string of the molecule is Cc1sc2ccccc2c1C1CNCCO1. The normalized spacial score (nSPS) is 21.4. The monoisotopic (exact) mass is 233 g/mol. The van der Waals surface area contributed by atoms with Gasteiger partial charge >= 0.3 is 0 Å². The predicted molar refractivity (Wildman–Crippen MR) is 68.1 cm³/mol. The molecule has 0 aliphatic carbocycles. The smallest absolute Gasteiger partial charge is 0.0966 e. The maximum atomic E-state index is 5.86. The Morgan fingerprint density at radius 3 is 3.06 bits per heavy atom. The maximum Gasteiger partial charge on any atom is 0.0966 e. The number of benzene rings is 1. The van der Waals surface area contributed by atoms with Gasteiger partial charge in [0.2, 0.25) is 0 Å². The summed E-state index contributed by atoms with van der Waals surface area (Å²) in [5.74, 6) is 0. The van der Waals surface area contributed by atoms with E-state index in [0.29, 0.717) is 0 Å². The fourth-order valence-electron chi connectivity index (χ4n) is 2.34. The molecule has 1 atom stereocenters. The lowest BCUT2D eigenvalue weighted by atomic mass is 10.0. The van der Waals surface area contributed by atoms with Crippen LogP contribution in [0.3, 0.4) is 0 Å². The minimum absolute atomic E-state index is 0.227. The molecule has 3 rings (SSSR count). The highest BCUT2D eigenvalue weighted by molar-refractivity contribution is 7.19. The van der Waals surface area contributed by atoms with E-state index in [1.54, 1.807) is 0 Å². The molecule has 0 spiro atoms. The molecule has 0 amide bonds. The summed E-state index contributed by atoms with van der Waals surface area (Å²) in [5.41, 5.74) is 1.38. The van der Waals surface area contributed by atoms with Crippen molar-refractivity contribution in [2.24, 2.45) is 0 Å². The van der Waals surface area contributed by atoms with Crippen LogP contribution in [-0.2, 0) is 4.74 Å². The van der Waals surface area contributed by atoms with Gasteiger partial charge in [-0.2, -0.15) is 0 Å². The first kappa shape index (κ1) is 10.3. The summed E-state index contributed by atoms with van der Waals surface area (Å²) < 4.78 is 7.22. The average Bonchev–Trinajstić information content (AvgIpc) is 2.66. The molecule has 1 N–H and O–H groups in total. The van der Waals surface area contributed by atoms with Gasteiger partial charge in [-0.15, -0.1) is 11.3 Å². The van der Waals surface area contributed by atoms with Gasteiger partial charge in [-0.05, 0) is 18.4 Å². The van der Waals surface area contributed by atoms with Crippen molar-refractivity contribution in [3.05, 3.63) is 34.7 Å². The molecule has 84 valence electrons. The molecule has 1 unspecified atom stereocenters. The lowest BCUT2D eigenvalue weighted by Crippen LogP contribution is -2.33. The molecular formula is C13H15NOS. The molecule has 1 aliphatic heterocycles. The summed E-state index contributed by atoms with van der Waals surface area (Å²) in [7, 11) is 0. The Balaban J connectivity index is 2.10. The second kappa shape index (κ2) is 4.17. The molecule has 2 aromatic rings. The zero-order valence-corrected chi connectivity index (χ0v) is 10.1. The van der Waals surface area contributed by atoms with Crippen LogP contribution in [0.5, 0.6) is 0 Å². The van der Waals surface area contributed by atoms with E-state index >= 15 is 0 Å². The molecule has 1 aromatic heterocycles. The quantitative estimate of drug-likeness (QED) is 0.817. The first-order chi connectivity index (χ1) is 7.86. The molecular weight excluding hydrogens is 218 g/mol. The summed E-state index contributed by atoms with van der Waals surface area (Å²) in [4.78, 5) is 1.38. The highest BCUT2D eigenvalue weighted by Gasteiger charge is 2.21. The standard InChI is InChI=1S/C13H15NOS/c1-9-13(11-8-14-6-7-15-11)10-4-2-3-5-12(10)16-9/h2-5,11,14H,6-8H2,1H3. The van der Waals surface area contributed by atoms with Crippen LogP contribution in [0, 0.1) is 6.92 Å². The van der Waals surface area contributed by atoms with Crippen molar-refractivity contribution in [2.75, 3.05) is 19.7 Å². The van der Waals surface area contributed by atoms with E-state index in [1.807, 2.05) is 11.3 Å². The number of hydrogen-bond donors (Lipinski definition) is 1. The van der Waals surface area contributed by atoms with E-state index in [9.17, 15) is 0 Å². The van der Waals surface area contributed by atoms with Crippen LogP contribution in [0.25, 0.3) is 10.1 Å². The van der Waals surface area contributed by atoms with Crippen molar-refractivity contribution < 1.29 is 4.74 Å². The van der Waals surface area contributed by atoms with Crippen molar-refractivity contribution in [1.82, 2.24) is 5.32 Å². The van der Waals surface area contributed by atoms with E-state index < -0.39 is 0 Å².